The van der Waals surface area contributed by atoms with Gasteiger partial charge in [-0.25, -0.2) is 5.43 Å². The van der Waals surface area contributed by atoms with Gasteiger partial charge in [0.2, 0.25) is 0 Å². The van der Waals surface area contributed by atoms with Crippen molar-refractivity contribution >= 4 is 38.8 Å². The molecule has 1 amide bonds. The van der Waals surface area contributed by atoms with Crippen molar-refractivity contribution < 1.29 is 14.6 Å². The molecule has 0 heterocycles. The molecule has 0 bridgehead atoms. The number of hydrogen-bond acceptors (Lipinski definition) is 4. The lowest BCUT2D eigenvalue weighted by atomic mass is 10.0. The lowest BCUT2D eigenvalue weighted by Crippen LogP contribution is -2.24. The van der Waals surface area contributed by atoms with Crippen molar-refractivity contribution in [3.8, 4) is 11.5 Å². The molecule has 0 atom stereocenters. The Labute approximate surface area is 159 Å². The van der Waals surface area contributed by atoms with Gasteiger partial charge in [0.1, 0.15) is 11.5 Å². The Kier molecular flexibility index (Phi) is 5.53. The van der Waals surface area contributed by atoms with Gasteiger partial charge in [0.15, 0.2) is 6.61 Å². The predicted octanol–water partition coefficient (Wildman–Crippen LogP) is 4.15. The van der Waals surface area contributed by atoms with E-state index in [2.05, 4.69) is 26.5 Å². The fourth-order valence-corrected chi connectivity index (χ4v) is 2.72. The van der Waals surface area contributed by atoms with Gasteiger partial charge >= 0.3 is 0 Å². The van der Waals surface area contributed by atoms with E-state index in [-0.39, 0.29) is 18.3 Å². The fourth-order valence-electron chi connectivity index (χ4n) is 2.48. The maximum Gasteiger partial charge on any atom is 0.277 e. The summed E-state index contributed by atoms with van der Waals surface area (Å²) in [7, 11) is 0. The van der Waals surface area contributed by atoms with Crippen molar-refractivity contribution in [2.45, 2.75) is 6.92 Å². The first-order valence-corrected chi connectivity index (χ1v) is 8.75. The van der Waals surface area contributed by atoms with Crippen molar-refractivity contribution in [3.63, 3.8) is 0 Å². The summed E-state index contributed by atoms with van der Waals surface area (Å²) in [5.74, 6) is 0.321. The molecule has 0 saturated heterocycles. The number of aryl methyl sites for hydroxylation is 1. The molecule has 3 rings (SSSR count). The minimum atomic E-state index is -0.387. The van der Waals surface area contributed by atoms with Gasteiger partial charge in [-0.15, -0.1) is 0 Å². The predicted molar refractivity (Wildman–Crippen MR) is 106 cm³/mol. The molecule has 0 spiro atoms. The highest BCUT2D eigenvalue weighted by Gasteiger charge is 2.06. The number of nitrogens with zero attached hydrogens (tertiary/aromatic N) is 1. The zero-order valence-electron chi connectivity index (χ0n) is 14.1. The number of fused-ring (bicyclic) bond motifs is 1. The highest BCUT2D eigenvalue weighted by molar-refractivity contribution is 9.10. The van der Waals surface area contributed by atoms with Crippen LogP contribution in [0.2, 0.25) is 0 Å². The Morgan fingerprint density at radius 1 is 1.23 bits per heavy atom. The summed E-state index contributed by atoms with van der Waals surface area (Å²) in [4.78, 5) is 11.9. The van der Waals surface area contributed by atoms with Crippen LogP contribution in [-0.4, -0.2) is 23.8 Å². The van der Waals surface area contributed by atoms with E-state index in [1.165, 1.54) is 6.21 Å². The Balaban J connectivity index is 1.62. The number of carbonyl (C=O) groups is 1. The van der Waals surface area contributed by atoms with Crippen LogP contribution in [-0.2, 0) is 4.79 Å². The average molecular weight is 413 g/mol. The minimum Gasteiger partial charge on any atom is -0.507 e. The molecule has 0 saturated carbocycles. The molecule has 0 aliphatic heterocycles. The van der Waals surface area contributed by atoms with E-state index in [1.807, 2.05) is 49.4 Å². The fraction of sp³-hybridized carbons (Fsp3) is 0.100. The van der Waals surface area contributed by atoms with Gasteiger partial charge in [0, 0.05) is 10.0 Å². The largest absolute Gasteiger partial charge is 0.507 e. The van der Waals surface area contributed by atoms with Crippen LogP contribution in [0.5, 0.6) is 11.5 Å². The van der Waals surface area contributed by atoms with Gasteiger partial charge in [0.25, 0.3) is 5.91 Å². The second-order valence-electron chi connectivity index (χ2n) is 5.71. The summed E-state index contributed by atoms with van der Waals surface area (Å²) in [6.45, 7) is 1.79. The number of aromatic hydroxyl groups is 1. The molecule has 132 valence electrons. The summed E-state index contributed by atoms with van der Waals surface area (Å²) in [6.07, 6.45) is 1.43. The molecule has 0 aromatic heterocycles. The number of amides is 1. The number of carbonyl (C=O) groups excluding carboxylic acids is 1. The summed E-state index contributed by atoms with van der Waals surface area (Å²) in [5, 5.41) is 15.8. The zero-order valence-corrected chi connectivity index (χ0v) is 15.7. The Morgan fingerprint density at radius 2 is 2.04 bits per heavy atom. The molecule has 2 N–H and O–H groups in total. The van der Waals surface area contributed by atoms with E-state index in [4.69, 9.17) is 4.74 Å². The summed E-state index contributed by atoms with van der Waals surface area (Å²) in [6, 6.07) is 16.5. The first-order chi connectivity index (χ1) is 12.5. The van der Waals surface area contributed by atoms with E-state index in [0.29, 0.717) is 11.3 Å². The van der Waals surface area contributed by atoms with E-state index < -0.39 is 0 Å². The van der Waals surface area contributed by atoms with Gasteiger partial charge in [0.05, 0.1) is 6.21 Å². The number of nitrogens with one attached hydrogen (secondary N) is 1. The molecule has 0 aliphatic rings. The Hall–Kier alpha value is -2.86. The summed E-state index contributed by atoms with van der Waals surface area (Å²) in [5.41, 5.74) is 3.97. The Morgan fingerprint density at radius 3 is 2.85 bits per heavy atom. The third-order valence-corrected chi connectivity index (χ3v) is 4.72. The lowest BCUT2D eigenvalue weighted by molar-refractivity contribution is -0.123. The first-order valence-electron chi connectivity index (χ1n) is 7.96. The van der Waals surface area contributed by atoms with Crippen LogP contribution in [0.3, 0.4) is 0 Å². The molecule has 0 fully saturated rings. The van der Waals surface area contributed by atoms with Crippen LogP contribution >= 0.6 is 15.9 Å². The maximum absolute atomic E-state index is 11.9. The molecule has 26 heavy (non-hydrogen) atoms. The van der Waals surface area contributed by atoms with Crippen molar-refractivity contribution in [1.82, 2.24) is 5.43 Å². The van der Waals surface area contributed by atoms with E-state index >= 15 is 0 Å². The minimum absolute atomic E-state index is 0.100. The first kappa shape index (κ1) is 17.9. The van der Waals surface area contributed by atoms with Crippen molar-refractivity contribution in [1.29, 1.82) is 0 Å². The third kappa shape index (κ3) is 4.21. The zero-order chi connectivity index (χ0) is 18.5. The monoisotopic (exact) mass is 412 g/mol. The molecule has 0 radical (unpaired) electrons. The quantitative estimate of drug-likeness (QED) is 0.488. The highest BCUT2D eigenvalue weighted by Crippen LogP contribution is 2.25. The SMILES string of the molecule is Cc1cc(OCC(=O)N/N=C/c2c(O)ccc3ccccc23)ccc1Br. The number of benzene rings is 3. The number of phenols is 1. The smallest absolute Gasteiger partial charge is 0.277 e. The molecule has 0 aliphatic carbocycles. The van der Waals surface area contributed by atoms with E-state index in [0.717, 1.165) is 20.8 Å². The third-order valence-electron chi connectivity index (χ3n) is 3.83. The molecular weight excluding hydrogens is 396 g/mol. The Bertz CT molecular complexity index is 986. The van der Waals surface area contributed by atoms with Crippen LogP contribution in [0.15, 0.2) is 64.2 Å². The molecule has 6 heteroatoms. The van der Waals surface area contributed by atoms with Crippen LogP contribution in [0.25, 0.3) is 10.8 Å². The number of hydrazone groups is 1. The van der Waals surface area contributed by atoms with Crippen LogP contribution in [0.1, 0.15) is 11.1 Å². The number of rotatable bonds is 5. The van der Waals surface area contributed by atoms with Crippen molar-refractivity contribution in [2.75, 3.05) is 6.61 Å². The van der Waals surface area contributed by atoms with Gasteiger partial charge < -0.3 is 9.84 Å². The van der Waals surface area contributed by atoms with Crippen LogP contribution in [0, 0.1) is 6.92 Å². The topological polar surface area (TPSA) is 70.9 Å². The van der Waals surface area contributed by atoms with Gasteiger partial charge in [-0.1, -0.05) is 46.3 Å². The molecular formula is C20H17BrN2O3. The van der Waals surface area contributed by atoms with Crippen LogP contribution in [0.4, 0.5) is 0 Å². The second-order valence-corrected chi connectivity index (χ2v) is 6.57. The standard InChI is InChI=1S/C20H17BrN2O3/c1-13-10-15(7-8-18(13)21)26-12-20(25)23-22-11-17-16-5-3-2-4-14(16)6-9-19(17)24/h2-11,24H,12H2,1H3,(H,23,25)/b22-11+. The summed E-state index contributed by atoms with van der Waals surface area (Å²) >= 11 is 3.41. The van der Waals surface area contributed by atoms with E-state index in [9.17, 15) is 9.90 Å². The second kappa shape index (κ2) is 8.01. The van der Waals surface area contributed by atoms with Gasteiger partial charge in [-0.2, -0.15) is 5.10 Å². The van der Waals surface area contributed by atoms with Crippen LogP contribution < -0.4 is 10.2 Å². The number of hydrogen-bond donors (Lipinski definition) is 2. The molecule has 5 nitrogen and oxygen atoms in total. The molecule has 3 aromatic rings. The van der Waals surface area contributed by atoms with Gasteiger partial charge in [-0.05, 0) is 47.5 Å². The maximum atomic E-state index is 11.9. The van der Waals surface area contributed by atoms with E-state index in [1.54, 1.807) is 12.1 Å². The normalized spacial score (nSPS) is 11.0. The summed E-state index contributed by atoms with van der Waals surface area (Å²) < 4.78 is 6.42. The van der Waals surface area contributed by atoms with Gasteiger partial charge in [-0.3, -0.25) is 4.79 Å². The van der Waals surface area contributed by atoms with Crippen molar-refractivity contribution in [3.05, 3.63) is 70.2 Å². The highest BCUT2D eigenvalue weighted by atomic mass is 79.9. The van der Waals surface area contributed by atoms with Crippen molar-refractivity contribution in [2.24, 2.45) is 5.10 Å². The average Bonchev–Trinajstić information content (AvgIpc) is 2.64. The number of halogens is 1. The molecule has 0 unspecified atom stereocenters. The lowest BCUT2D eigenvalue weighted by Gasteiger charge is -2.07. The number of ether oxygens (including phenoxy) is 1. The number of phenolic OH excluding ortho intramolecular Hbond substituents is 1. The molecule has 3 aromatic carbocycles.